The van der Waals surface area contributed by atoms with Crippen LogP contribution in [0.5, 0.6) is 0 Å². The van der Waals surface area contributed by atoms with Crippen LogP contribution in [0.15, 0.2) is 5.16 Å². The number of nitrogens with one attached hydrogen (secondary N) is 2. The zero-order valence-electron chi connectivity index (χ0n) is 3.97. The lowest BCUT2D eigenvalue weighted by Crippen LogP contribution is -2.17. The molecule has 0 spiro atoms. The molecule has 0 heterocycles. The highest BCUT2D eigenvalue weighted by Crippen LogP contribution is 1.53. The molecule has 0 aliphatic heterocycles. The number of nitrogens with zero attached hydrogens (tertiary/aromatic N) is 1. The minimum absolute atomic E-state index is 0.0856. The molecule has 0 bridgehead atoms. The normalized spacial score (nSPS) is 9.29. The van der Waals surface area contributed by atoms with Crippen LogP contribution in [-0.4, -0.2) is 24.3 Å². The van der Waals surface area contributed by atoms with Crippen molar-refractivity contribution >= 4 is 12.1 Å². The van der Waals surface area contributed by atoms with Crippen LogP contribution in [0.1, 0.15) is 0 Å². The summed E-state index contributed by atoms with van der Waals surface area (Å²) in [6.07, 6.45) is 1.00. The van der Waals surface area contributed by atoms with Gasteiger partial charge in [-0.05, 0) is 0 Å². The van der Waals surface area contributed by atoms with Crippen LogP contribution in [0.25, 0.3) is 0 Å². The van der Waals surface area contributed by atoms with Gasteiger partial charge in [-0.1, -0.05) is 5.16 Å². The van der Waals surface area contributed by atoms with Crippen LogP contribution in [0.4, 0.5) is 0 Å². The van der Waals surface area contributed by atoms with Gasteiger partial charge in [0.1, 0.15) is 12.1 Å². The predicted octanol–water partition coefficient (Wildman–Crippen LogP) is -0.357. The summed E-state index contributed by atoms with van der Waals surface area (Å²) in [4.78, 5) is 0. The van der Waals surface area contributed by atoms with Crippen molar-refractivity contribution in [1.29, 1.82) is 5.41 Å². The van der Waals surface area contributed by atoms with Crippen molar-refractivity contribution in [2.45, 2.75) is 0 Å². The van der Waals surface area contributed by atoms with Gasteiger partial charge >= 0.3 is 0 Å². The molecule has 0 amide bonds. The summed E-state index contributed by atoms with van der Waals surface area (Å²) in [5.41, 5.74) is 0. The third-order valence-corrected chi connectivity index (χ3v) is 0.456. The first-order valence-corrected chi connectivity index (χ1v) is 1.75. The lowest BCUT2D eigenvalue weighted by atomic mass is 10.7. The SMILES string of the molecule is CNC(=N)/C=N\O. The van der Waals surface area contributed by atoms with E-state index in [1.54, 1.807) is 7.05 Å². The van der Waals surface area contributed by atoms with E-state index in [2.05, 4.69) is 10.5 Å². The Labute approximate surface area is 41.3 Å². The number of amidine groups is 1. The average Bonchev–Trinajstić information content (AvgIpc) is 1.68. The fourth-order valence-corrected chi connectivity index (χ4v) is 0.122. The molecule has 0 aliphatic rings. The number of rotatable bonds is 1. The van der Waals surface area contributed by atoms with Crippen molar-refractivity contribution in [3.63, 3.8) is 0 Å². The van der Waals surface area contributed by atoms with E-state index in [4.69, 9.17) is 10.6 Å². The Hall–Kier alpha value is -1.06. The Kier molecular flexibility index (Phi) is 2.67. The van der Waals surface area contributed by atoms with Crippen molar-refractivity contribution in [1.82, 2.24) is 5.32 Å². The minimum atomic E-state index is 0.0856. The highest BCUT2D eigenvalue weighted by molar-refractivity contribution is 6.27. The van der Waals surface area contributed by atoms with E-state index in [0.717, 1.165) is 6.21 Å². The van der Waals surface area contributed by atoms with Crippen LogP contribution in [-0.2, 0) is 0 Å². The molecule has 0 radical (unpaired) electrons. The maximum Gasteiger partial charge on any atom is 0.139 e. The summed E-state index contributed by atoms with van der Waals surface area (Å²) in [6.45, 7) is 0. The van der Waals surface area contributed by atoms with Gasteiger partial charge in [0.25, 0.3) is 0 Å². The van der Waals surface area contributed by atoms with E-state index in [0.29, 0.717) is 0 Å². The van der Waals surface area contributed by atoms with Crippen LogP contribution >= 0.6 is 0 Å². The molecule has 0 rings (SSSR count). The summed E-state index contributed by atoms with van der Waals surface area (Å²) >= 11 is 0. The summed E-state index contributed by atoms with van der Waals surface area (Å²) in [5, 5.41) is 19.5. The maximum atomic E-state index is 7.76. The van der Waals surface area contributed by atoms with Crippen LogP contribution in [0, 0.1) is 5.41 Å². The van der Waals surface area contributed by atoms with Gasteiger partial charge in [0.15, 0.2) is 0 Å². The van der Waals surface area contributed by atoms with Gasteiger partial charge in [-0.25, -0.2) is 0 Å². The zero-order chi connectivity index (χ0) is 5.70. The number of hydrogen-bond acceptors (Lipinski definition) is 3. The Morgan fingerprint density at radius 1 is 2.00 bits per heavy atom. The van der Waals surface area contributed by atoms with Crippen LogP contribution in [0.3, 0.4) is 0 Å². The first-order chi connectivity index (χ1) is 3.31. The summed E-state index contributed by atoms with van der Waals surface area (Å²) in [7, 11) is 1.57. The molecular weight excluding hydrogens is 94.1 g/mol. The van der Waals surface area contributed by atoms with Crippen molar-refractivity contribution in [3.8, 4) is 0 Å². The molecule has 0 fully saturated rings. The van der Waals surface area contributed by atoms with Crippen molar-refractivity contribution in [2.75, 3.05) is 7.05 Å². The lowest BCUT2D eigenvalue weighted by molar-refractivity contribution is 0.322. The van der Waals surface area contributed by atoms with Gasteiger partial charge < -0.3 is 10.5 Å². The van der Waals surface area contributed by atoms with Crippen molar-refractivity contribution in [2.24, 2.45) is 5.16 Å². The van der Waals surface area contributed by atoms with Gasteiger partial charge in [-0.3, -0.25) is 5.41 Å². The van der Waals surface area contributed by atoms with E-state index in [1.807, 2.05) is 0 Å². The fourth-order valence-electron chi connectivity index (χ4n) is 0.122. The maximum absolute atomic E-state index is 7.76. The van der Waals surface area contributed by atoms with Gasteiger partial charge in [0, 0.05) is 7.05 Å². The first kappa shape index (κ1) is 5.94. The topological polar surface area (TPSA) is 68.5 Å². The molecule has 0 aliphatic carbocycles. The van der Waals surface area contributed by atoms with Crippen LogP contribution in [0.2, 0.25) is 0 Å². The molecule has 0 aromatic rings. The second-order valence-corrected chi connectivity index (χ2v) is 0.908. The first-order valence-electron chi connectivity index (χ1n) is 1.75. The molecule has 4 heteroatoms. The average molecular weight is 101 g/mol. The molecule has 0 atom stereocenters. The summed E-state index contributed by atoms with van der Waals surface area (Å²) in [5.74, 6) is 0.0856. The second kappa shape index (κ2) is 3.14. The Morgan fingerprint density at radius 3 is 2.71 bits per heavy atom. The Morgan fingerprint density at radius 2 is 2.57 bits per heavy atom. The van der Waals surface area contributed by atoms with E-state index in [9.17, 15) is 0 Å². The minimum Gasteiger partial charge on any atom is -0.411 e. The molecule has 0 aromatic heterocycles. The monoisotopic (exact) mass is 101 g/mol. The van der Waals surface area contributed by atoms with Crippen molar-refractivity contribution in [3.05, 3.63) is 0 Å². The molecule has 0 unspecified atom stereocenters. The van der Waals surface area contributed by atoms with Gasteiger partial charge in [-0.2, -0.15) is 0 Å². The lowest BCUT2D eigenvalue weighted by Gasteiger charge is -1.87. The summed E-state index contributed by atoms with van der Waals surface area (Å²) in [6, 6.07) is 0. The second-order valence-electron chi connectivity index (χ2n) is 0.908. The fraction of sp³-hybridized carbons (Fsp3) is 0.333. The largest absolute Gasteiger partial charge is 0.411 e. The third kappa shape index (κ3) is 2.75. The summed E-state index contributed by atoms with van der Waals surface area (Å²) < 4.78 is 0. The molecule has 40 valence electrons. The van der Waals surface area contributed by atoms with E-state index < -0.39 is 0 Å². The molecule has 4 nitrogen and oxygen atoms in total. The zero-order valence-corrected chi connectivity index (χ0v) is 3.97. The van der Waals surface area contributed by atoms with Crippen LogP contribution < -0.4 is 5.32 Å². The number of oxime groups is 1. The number of hydrogen-bond donors (Lipinski definition) is 3. The predicted molar refractivity (Wildman–Crippen MR) is 27.1 cm³/mol. The molecule has 0 aromatic carbocycles. The van der Waals surface area contributed by atoms with E-state index in [-0.39, 0.29) is 5.84 Å². The highest BCUT2D eigenvalue weighted by Gasteiger charge is 1.78. The Balaban J connectivity index is 3.37. The Bertz CT molecular complexity index is 88.2. The molecular formula is C3H7N3O. The molecule has 0 saturated heterocycles. The highest BCUT2D eigenvalue weighted by atomic mass is 16.4. The third-order valence-electron chi connectivity index (χ3n) is 0.456. The molecule has 7 heavy (non-hydrogen) atoms. The quantitative estimate of drug-likeness (QED) is 0.183. The smallest absolute Gasteiger partial charge is 0.139 e. The standard InChI is InChI=1S/C3H7N3O/c1-5-3(4)2-6-7/h2,7H,1H3,(H2,4,5)/b6-2-. The van der Waals surface area contributed by atoms with Gasteiger partial charge in [0.2, 0.25) is 0 Å². The molecule has 0 saturated carbocycles. The molecule has 3 N–H and O–H groups in total. The van der Waals surface area contributed by atoms with Gasteiger partial charge in [0.05, 0.1) is 0 Å². The van der Waals surface area contributed by atoms with Crippen molar-refractivity contribution < 1.29 is 5.21 Å². The van der Waals surface area contributed by atoms with Gasteiger partial charge in [-0.15, -0.1) is 0 Å². The van der Waals surface area contributed by atoms with E-state index >= 15 is 0 Å². The van der Waals surface area contributed by atoms with E-state index in [1.165, 1.54) is 0 Å².